The van der Waals surface area contributed by atoms with Crippen LogP contribution in [0, 0.1) is 0 Å². The number of likely N-dealkylation sites (tertiary alicyclic amines) is 1. The summed E-state index contributed by atoms with van der Waals surface area (Å²) in [6.07, 6.45) is 1.04. The van der Waals surface area contributed by atoms with Crippen LogP contribution in [0.5, 0.6) is 5.75 Å². The summed E-state index contributed by atoms with van der Waals surface area (Å²) in [7, 11) is 1.60. The summed E-state index contributed by atoms with van der Waals surface area (Å²) in [5, 5.41) is 6.77. The monoisotopic (exact) mass is 434 g/mol. The minimum Gasteiger partial charge on any atom is -0.497 e. The van der Waals surface area contributed by atoms with Gasteiger partial charge in [0.25, 0.3) is 0 Å². The second-order valence-electron chi connectivity index (χ2n) is 7.36. The van der Waals surface area contributed by atoms with Crippen molar-refractivity contribution >= 4 is 23.4 Å². The number of methoxy groups -OCH3 is 1. The van der Waals surface area contributed by atoms with E-state index in [0.717, 1.165) is 16.9 Å². The molecule has 1 aliphatic heterocycles. The molecule has 0 bridgehead atoms. The maximum absolute atomic E-state index is 12.3. The molecule has 1 N–H and O–H groups in total. The number of carbonyl (C=O) groups is 3. The highest BCUT2D eigenvalue weighted by Gasteiger charge is 2.28. The number of hydrogen-bond donors (Lipinski definition) is 1. The van der Waals surface area contributed by atoms with Crippen molar-refractivity contribution in [2.45, 2.75) is 32.2 Å². The van der Waals surface area contributed by atoms with Gasteiger partial charge in [0, 0.05) is 36.9 Å². The van der Waals surface area contributed by atoms with Crippen LogP contribution in [0.15, 0.2) is 53.1 Å². The van der Waals surface area contributed by atoms with Gasteiger partial charge in [-0.2, -0.15) is 4.98 Å². The zero-order chi connectivity index (χ0) is 22.5. The Morgan fingerprint density at radius 3 is 2.41 bits per heavy atom. The molecule has 9 heteroatoms. The standard InChI is InChI=1S/C23H22N4O5/c1-31-18-8-4-16(5-9-18)23-25-20(32-26-23)11-10-19(28)24-17-6-2-15(3-7-17)14-27-21(29)12-13-22(27)30/h2-9H,10-14H2,1H3,(H,24,28). The molecule has 0 saturated carbocycles. The zero-order valence-electron chi connectivity index (χ0n) is 17.5. The second-order valence-corrected chi connectivity index (χ2v) is 7.36. The van der Waals surface area contributed by atoms with E-state index in [-0.39, 0.29) is 43.5 Å². The average molecular weight is 434 g/mol. The fourth-order valence-electron chi connectivity index (χ4n) is 3.33. The highest BCUT2D eigenvalue weighted by molar-refractivity contribution is 6.01. The normalized spacial score (nSPS) is 13.5. The third-order valence-electron chi connectivity index (χ3n) is 5.12. The van der Waals surface area contributed by atoms with Crippen molar-refractivity contribution in [1.29, 1.82) is 0 Å². The third kappa shape index (κ3) is 5.00. The molecule has 9 nitrogen and oxygen atoms in total. The van der Waals surface area contributed by atoms with Gasteiger partial charge in [0.05, 0.1) is 13.7 Å². The van der Waals surface area contributed by atoms with Crippen molar-refractivity contribution in [3.05, 3.63) is 60.0 Å². The lowest BCUT2D eigenvalue weighted by Gasteiger charge is -2.14. The van der Waals surface area contributed by atoms with Crippen LogP contribution in [0.3, 0.4) is 0 Å². The summed E-state index contributed by atoms with van der Waals surface area (Å²) >= 11 is 0. The van der Waals surface area contributed by atoms with E-state index in [1.54, 1.807) is 31.4 Å². The Morgan fingerprint density at radius 2 is 1.75 bits per heavy atom. The summed E-state index contributed by atoms with van der Waals surface area (Å²) in [4.78, 5) is 41.3. The Bertz CT molecular complexity index is 1110. The van der Waals surface area contributed by atoms with Gasteiger partial charge < -0.3 is 14.6 Å². The number of ether oxygens (including phenoxy) is 1. The van der Waals surface area contributed by atoms with Gasteiger partial charge in [-0.3, -0.25) is 19.3 Å². The molecule has 2 aromatic carbocycles. The van der Waals surface area contributed by atoms with Crippen molar-refractivity contribution < 1.29 is 23.6 Å². The van der Waals surface area contributed by atoms with E-state index in [1.165, 1.54) is 4.90 Å². The molecule has 3 amide bonds. The number of anilines is 1. The van der Waals surface area contributed by atoms with Crippen LogP contribution in [0.1, 0.15) is 30.7 Å². The number of hydrogen-bond acceptors (Lipinski definition) is 7. The molecule has 1 fully saturated rings. The van der Waals surface area contributed by atoms with Crippen LogP contribution in [0.25, 0.3) is 11.4 Å². The predicted molar refractivity (Wildman–Crippen MR) is 114 cm³/mol. The lowest BCUT2D eigenvalue weighted by molar-refractivity contribution is -0.139. The maximum atomic E-state index is 12.3. The Morgan fingerprint density at radius 1 is 1.06 bits per heavy atom. The summed E-state index contributed by atoms with van der Waals surface area (Å²) in [6, 6.07) is 14.3. The Labute approximate surface area is 184 Å². The molecular formula is C23H22N4O5. The number of aryl methyl sites for hydroxylation is 1. The number of imide groups is 1. The van der Waals surface area contributed by atoms with Gasteiger partial charge in [0.2, 0.25) is 29.4 Å². The minimum atomic E-state index is -0.188. The summed E-state index contributed by atoms with van der Waals surface area (Å²) in [5.74, 6) is 1.08. The van der Waals surface area contributed by atoms with Gasteiger partial charge in [-0.1, -0.05) is 17.3 Å². The average Bonchev–Trinajstić information content (AvgIpc) is 3.41. The van der Waals surface area contributed by atoms with Crippen molar-refractivity contribution in [3.63, 3.8) is 0 Å². The largest absolute Gasteiger partial charge is 0.497 e. The summed E-state index contributed by atoms with van der Waals surface area (Å²) < 4.78 is 10.4. The molecule has 1 aliphatic rings. The summed E-state index contributed by atoms with van der Waals surface area (Å²) in [5.41, 5.74) is 2.24. The van der Waals surface area contributed by atoms with Crippen LogP contribution in [0.4, 0.5) is 5.69 Å². The molecule has 32 heavy (non-hydrogen) atoms. The van der Waals surface area contributed by atoms with Gasteiger partial charge in [0.1, 0.15) is 5.75 Å². The van der Waals surface area contributed by atoms with E-state index in [9.17, 15) is 14.4 Å². The molecule has 3 aromatic rings. The lowest BCUT2D eigenvalue weighted by Crippen LogP contribution is -2.28. The Kier molecular flexibility index (Phi) is 6.25. The van der Waals surface area contributed by atoms with E-state index < -0.39 is 0 Å². The van der Waals surface area contributed by atoms with Crippen molar-refractivity contribution in [2.24, 2.45) is 0 Å². The molecule has 164 valence electrons. The smallest absolute Gasteiger partial charge is 0.229 e. The highest BCUT2D eigenvalue weighted by atomic mass is 16.5. The van der Waals surface area contributed by atoms with Crippen LogP contribution in [0.2, 0.25) is 0 Å². The van der Waals surface area contributed by atoms with E-state index >= 15 is 0 Å². The van der Waals surface area contributed by atoms with E-state index in [0.29, 0.717) is 23.8 Å². The molecule has 0 aliphatic carbocycles. The first-order valence-corrected chi connectivity index (χ1v) is 10.2. The van der Waals surface area contributed by atoms with Crippen LogP contribution < -0.4 is 10.1 Å². The first kappa shape index (κ1) is 21.2. The zero-order valence-corrected chi connectivity index (χ0v) is 17.5. The molecule has 4 rings (SSSR count). The number of benzene rings is 2. The summed E-state index contributed by atoms with van der Waals surface area (Å²) in [6.45, 7) is 0.250. The fourth-order valence-corrected chi connectivity index (χ4v) is 3.33. The Balaban J connectivity index is 1.27. The third-order valence-corrected chi connectivity index (χ3v) is 5.12. The number of amides is 3. The molecule has 1 saturated heterocycles. The second kappa shape index (κ2) is 9.42. The fraction of sp³-hybridized carbons (Fsp3) is 0.261. The van der Waals surface area contributed by atoms with E-state index in [4.69, 9.17) is 9.26 Å². The number of carbonyl (C=O) groups excluding carboxylic acids is 3. The van der Waals surface area contributed by atoms with Crippen LogP contribution in [-0.4, -0.2) is 39.9 Å². The topological polar surface area (TPSA) is 115 Å². The molecule has 1 aromatic heterocycles. The van der Waals surface area contributed by atoms with Gasteiger partial charge >= 0.3 is 0 Å². The quantitative estimate of drug-likeness (QED) is 0.542. The lowest BCUT2D eigenvalue weighted by atomic mass is 10.2. The highest BCUT2D eigenvalue weighted by Crippen LogP contribution is 2.20. The van der Waals surface area contributed by atoms with Crippen molar-refractivity contribution in [2.75, 3.05) is 12.4 Å². The number of aromatic nitrogens is 2. The maximum Gasteiger partial charge on any atom is 0.229 e. The van der Waals surface area contributed by atoms with Crippen LogP contribution >= 0.6 is 0 Å². The Hall–Kier alpha value is -4.01. The first-order valence-electron chi connectivity index (χ1n) is 10.2. The van der Waals surface area contributed by atoms with Gasteiger partial charge in [-0.15, -0.1) is 0 Å². The SMILES string of the molecule is COc1ccc(-c2noc(CCC(=O)Nc3ccc(CN4C(=O)CCC4=O)cc3)n2)cc1. The van der Waals surface area contributed by atoms with E-state index in [2.05, 4.69) is 15.5 Å². The van der Waals surface area contributed by atoms with E-state index in [1.807, 2.05) is 24.3 Å². The van der Waals surface area contributed by atoms with Gasteiger partial charge in [-0.25, -0.2) is 0 Å². The van der Waals surface area contributed by atoms with Crippen LogP contribution in [-0.2, 0) is 27.3 Å². The van der Waals surface area contributed by atoms with Gasteiger partial charge in [0.15, 0.2) is 0 Å². The molecule has 0 spiro atoms. The molecule has 2 heterocycles. The number of rotatable bonds is 8. The van der Waals surface area contributed by atoms with Gasteiger partial charge in [-0.05, 0) is 42.0 Å². The molecular weight excluding hydrogens is 412 g/mol. The number of nitrogens with zero attached hydrogens (tertiary/aromatic N) is 3. The molecule has 0 unspecified atom stereocenters. The minimum absolute atomic E-state index is 0.149. The predicted octanol–water partition coefficient (Wildman–Crippen LogP) is 2.97. The number of nitrogens with one attached hydrogen (secondary N) is 1. The molecule has 0 atom stereocenters. The first-order chi connectivity index (χ1) is 15.5. The van der Waals surface area contributed by atoms with Crippen molar-refractivity contribution in [3.8, 4) is 17.1 Å². The van der Waals surface area contributed by atoms with Crippen molar-refractivity contribution in [1.82, 2.24) is 15.0 Å². The molecule has 0 radical (unpaired) electrons.